The van der Waals surface area contributed by atoms with Crippen molar-refractivity contribution < 1.29 is 18.4 Å². The molecule has 1 atom stereocenters. The van der Waals surface area contributed by atoms with Crippen LogP contribution in [0.3, 0.4) is 0 Å². The normalized spacial score (nSPS) is 15.5. The van der Waals surface area contributed by atoms with Crippen LogP contribution in [-0.2, 0) is 0 Å². The van der Waals surface area contributed by atoms with Gasteiger partial charge in [0.1, 0.15) is 11.3 Å². The summed E-state index contributed by atoms with van der Waals surface area (Å²) in [4.78, 5) is 15.4. The van der Waals surface area contributed by atoms with Crippen LogP contribution in [-0.4, -0.2) is 31.0 Å². The Labute approximate surface area is 186 Å². The van der Waals surface area contributed by atoms with Gasteiger partial charge in [0.25, 0.3) is 5.91 Å². The molecule has 1 saturated heterocycles. The molecule has 32 heavy (non-hydrogen) atoms. The van der Waals surface area contributed by atoms with Crippen molar-refractivity contribution in [1.82, 2.24) is 4.90 Å². The maximum absolute atomic E-state index is 12.9. The predicted molar refractivity (Wildman–Crippen MR) is 123 cm³/mol. The van der Waals surface area contributed by atoms with Crippen molar-refractivity contribution in [2.24, 2.45) is 0 Å². The third kappa shape index (κ3) is 3.78. The lowest BCUT2D eigenvalue weighted by Gasteiger charge is -2.34. The van der Waals surface area contributed by atoms with E-state index < -0.39 is 0 Å². The smallest absolute Gasteiger partial charge is 0.291 e. The molecule has 164 valence electrons. The highest BCUT2D eigenvalue weighted by molar-refractivity contribution is 6.08. The van der Waals surface area contributed by atoms with Gasteiger partial charge in [0.2, 0.25) is 0 Å². The largest absolute Gasteiger partial charge is 0.496 e. The lowest BCUT2D eigenvalue weighted by Crippen LogP contribution is -2.34. The molecule has 0 aliphatic carbocycles. The van der Waals surface area contributed by atoms with Gasteiger partial charge >= 0.3 is 0 Å². The second-order valence-corrected chi connectivity index (χ2v) is 8.01. The molecule has 6 heteroatoms. The minimum atomic E-state index is -0.305. The van der Waals surface area contributed by atoms with Gasteiger partial charge in [-0.25, -0.2) is 0 Å². The van der Waals surface area contributed by atoms with Gasteiger partial charge in [-0.3, -0.25) is 9.69 Å². The first-order valence-corrected chi connectivity index (χ1v) is 11.0. The number of amides is 1. The molecular weight excluding hydrogens is 404 g/mol. The van der Waals surface area contributed by atoms with Crippen LogP contribution in [0.4, 0.5) is 5.69 Å². The van der Waals surface area contributed by atoms with E-state index in [4.69, 9.17) is 13.6 Å². The third-order valence-electron chi connectivity index (χ3n) is 6.04. The van der Waals surface area contributed by atoms with E-state index in [0.717, 1.165) is 48.2 Å². The number of carbonyl (C=O) groups is 1. The Hall–Kier alpha value is -3.51. The molecule has 1 amide bonds. The summed E-state index contributed by atoms with van der Waals surface area (Å²) in [7, 11) is 1.68. The number of likely N-dealkylation sites (tertiary alicyclic amines) is 1. The molecule has 1 fully saturated rings. The monoisotopic (exact) mass is 430 g/mol. The molecule has 6 nitrogen and oxygen atoms in total. The Balaban J connectivity index is 1.67. The molecule has 0 spiro atoms. The third-order valence-corrected chi connectivity index (χ3v) is 6.04. The molecule has 1 aliphatic heterocycles. The summed E-state index contributed by atoms with van der Waals surface area (Å²) in [6.07, 6.45) is 4.96. The number of carbonyl (C=O) groups excluding carboxylic acids is 1. The summed E-state index contributed by atoms with van der Waals surface area (Å²) in [6.45, 7) is 1.90. The second-order valence-electron chi connectivity index (χ2n) is 8.01. The standard InChI is InChI=1S/C26H26N2O4/c1-30-20-12-5-4-11-19(20)24(28-15-7-2-8-16-28)25-23(18-10-3-6-13-21(18)32-25)27-26(29)22-14-9-17-31-22/h3-6,9-14,17,24H,2,7-8,15-16H2,1H3,(H,27,29)/t24-/m0/s1. The second kappa shape index (κ2) is 8.93. The van der Waals surface area contributed by atoms with Gasteiger partial charge in [-0.05, 0) is 56.3 Å². The summed E-state index contributed by atoms with van der Waals surface area (Å²) >= 11 is 0. The number of hydrogen-bond donors (Lipinski definition) is 1. The van der Waals surface area contributed by atoms with E-state index in [2.05, 4.69) is 16.3 Å². The summed E-state index contributed by atoms with van der Waals surface area (Å²) in [5.41, 5.74) is 2.42. The van der Waals surface area contributed by atoms with Crippen molar-refractivity contribution in [2.75, 3.05) is 25.5 Å². The van der Waals surface area contributed by atoms with Gasteiger partial charge in [-0.1, -0.05) is 36.8 Å². The van der Waals surface area contributed by atoms with E-state index in [1.165, 1.54) is 12.7 Å². The number of methoxy groups -OCH3 is 1. The molecular formula is C26H26N2O4. The number of fused-ring (bicyclic) bond motifs is 1. The van der Waals surface area contributed by atoms with Gasteiger partial charge in [-0.15, -0.1) is 0 Å². The number of hydrogen-bond acceptors (Lipinski definition) is 5. The van der Waals surface area contributed by atoms with Crippen molar-refractivity contribution in [3.8, 4) is 5.75 Å². The fourth-order valence-electron chi connectivity index (χ4n) is 4.54. The van der Waals surface area contributed by atoms with Crippen LogP contribution in [0.15, 0.2) is 75.8 Å². The first kappa shape index (κ1) is 20.4. The average molecular weight is 431 g/mol. The summed E-state index contributed by atoms with van der Waals surface area (Å²) in [5.74, 6) is 1.46. The van der Waals surface area contributed by atoms with Crippen molar-refractivity contribution in [1.29, 1.82) is 0 Å². The zero-order valence-corrected chi connectivity index (χ0v) is 18.0. The molecule has 2 aromatic carbocycles. The van der Waals surface area contributed by atoms with Crippen LogP contribution < -0.4 is 10.1 Å². The van der Waals surface area contributed by atoms with E-state index >= 15 is 0 Å². The highest BCUT2D eigenvalue weighted by Gasteiger charge is 2.33. The lowest BCUT2D eigenvalue weighted by molar-refractivity contribution is 0.0996. The molecule has 1 N–H and O–H groups in total. The molecule has 0 unspecified atom stereocenters. The number of furan rings is 2. The fourth-order valence-corrected chi connectivity index (χ4v) is 4.54. The summed E-state index contributed by atoms with van der Waals surface area (Å²) in [6, 6.07) is 19.0. The highest BCUT2D eigenvalue weighted by Crippen LogP contribution is 2.43. The van der Waals surface area contributed by atoms with Crippen LogP contribution >= 0.6 is 0 Å². The number of nitrogens with zero attached hydrogens (tertiary/aromatic N) is 1. The van der Waals surface area contributed by atoms with Crippen molar-refractivity contribution in [3.05, 3.63) is 84.0 Å². The fraction of sp³-hybridized carbons (Fsp3) is 0.269. The van der Waals surface area contributed by atoms with Crippen molar-refractivity contribution in [2.45, 2.75) is 25.3 Å². The lowest BCUT2D eigenvalue weighted by atomic mass is 9.97. The van der Waals surface area contributed by atoms with E-state index in [-0.39, 0.29) is 17.7 Å². The van der Waals surface area contributed by atoms with Gasteiger partial charge in [-0.2, -0.15) is 0 Å². The van der Waals surface area contributed by atoms with Gasteiger partial charge in [0, 0.05) is 10.9 Å². The zero-order chi connectivity index (χ0) is 21.9. The van der Waals surface area contributed by atoms with E-state index in [1.807, 2.05) is 42.5 Å². The minimum Gasteiger partial charge on any atom is -0.496 e. The maximum Gasteiger partial charge on any atom is 0.291 e. The number of piperidine rings is 1. The number of rotatable bonds is 6. The van der Waals surface area contributed by atoms with Gasteiger partial charge in [0.05, 0.1) is 25.1 Å². The van der Waals surface area contributed by atoms with Crippen molar-refractivity contribution in [3.63, 3.8) is 0 Å². The predicted octanol–water partition coefficient (Wildman–Crippen LogP) is 5.86. The van der Waals surface area contributed by atoms with Crippen molar-refractivity contribution >= 4 is 22.6 Å². The average Bonchev–Trinajstić information content (AvgIpc) is 3.50. The number of para-hydroxylation sites is 2. The van der Waals surface area contributed by atoms with Gasteiger partial charge in [0.15, 0.2) is 11.5 Å². The Morgan fingerprint density at radius 1 is 1.00 bits per heavy atom. The Morgan fingerprint density at radius 2 is 1.78 bits per heavy atom. The first-order chi connectivity index (χ1) is 15.8. The highest BCUT2D eigenvalue weighted by atomic mass is 16.5. The van der Waals surface area contributed by atoms with Crippen LogP contribution in [0.1, 0.15) is 47.2 Å². The quantitative estimate of drug-likeness (QED) is 0.415. The molecule has 2 aromatic heterocycles. The van der Waals surface area contributed by atoms with Crippen LogP contribution in [0.25, 0.3) is 11.0 Å². The topological polar surface area (TPSA) is 67.8 Å². The molecule has 0 bridgehead atoms. The van der Waals surface area contributed by atoms with E-state index in [1.54, 1.807) is 19.2 Å². The number of benzene rings is 2. The number of anilines is 1. The number of ether oxygens (including phenoxy) is 1. The van der Waals surface area contributed by atoms with E-state index in [9.17, 15) is 4.79 Å². The summed E-state index contributed by atoms with van der Waals surface area (Å²) < 4.78 is 17.5. The zero-order valence-electron chi connectivity index (χ0n) is 18.0. The molecule has 1 aliphatic rings. The molecule has 0 saturated carbocycles. The molecule has 0 radical (unpaired) electrons. The number of nitrogens with one attached hydrogen (secondary N) is 1. The first-order valence-electron chi connectivity index (χ1n) is 11.0. The van der Waals surface area contributed by atoms with Crippen LogP contribution in [0.2, 0.25) is 0 Å². The maximum atomic E-state index is 12.9. The minimum absolute atomic E-state index is 0.189. The van der Waals surface area contributed by atoms with E-state index in [0.29, 0.717) is 11.4 Å². The SMILES string of the molecule is COc1ccccc1[C@@H](c1oc2ccccc2c1NC(=O)c1ccco1)N1CCCCC1. The molecule has 4 aromatic rings. The summed E-state index contributed by atoms with van der Waals surface area (Å²) in [5, 5.41) is 3.93. The Morgan fingerprint density at radius 3 is 2.56 bits per heavy atom. The van der Waals surface area contributed by atoms with Gasteiger partial charge < -0.3 is 18.9 Å². The van der Waals surface area contributed by atoms with Crippen LogP contribution in [0, 0.1) is 0 Å². The molecule has 3 heterocycles. The molecule has 5 rings (SSSR count). The Bertz CT molecular complexity index is 1210. The Kier molecular flexibility index (Phi) is 5.69. The van der Waals surface area contributed by atoms with Crippen LogP contribution in [0.5, 0.6) is 5.75 Å².